The van der Waals surface area contributed by atoms with E-state index in [2.05, 4.69) is 4.74 Å². The quantitative estimate of drug-likeness (QED) is 0.519. The molecule has 0 fully saturated rings. The number of esters is 1. The van der Waals surface area contributed by atoms with E-state index in [0.717, 1.165) is 0 Å². The Morgan fingerprint density at radius 3 is 2.40 bits per heavy atom. The fourth-order valence-corrected chi connectivity index (χ4v) is 0.334. The van der Waals surface area contributed by atoms with E-state index in [0.29, 0.717) is 0 Å². The molecule has 0 unspecified atom stereocenters. The van der Waals surface area contributed by atoms with Crippen molar-refractivity contribution < 1.29 is 19.7 Å². The van der Waals surface area contributed by atoms with Crippen LogP contribution in [0.5, 0.6) is 0 Å². The maximum atomic E-state index is 10.5. The molecule has 0 aliphatic heterocycles. The van der Waals surface area contributed by atoms with Gasteiger partial charge in [-0.1, -0.05) is 0 Å². The zero-order chi connectivity index (χ0) is 8.15. The van der Waals surface area contributed by atoms with Gasteiger partial charge in [-0.05, 0) is 13.8 Å². The Morgan fingerprint density at radius 1 is 1.60 bits per heavy atom. The van der Waals surface area contributed by atoms with Gasteiger partial charge in [0.25, 0.3) is 0 Å². The molecule has 2 atom stereocenters. The molecular formula is C6H12O4. The number of carbonyl (C=O) groups excluding carboxylic acids is 1. The van der Waals surface area contributed by atoms with Gasteiger partial charge in [-0.15, -0.1) is 0 Å². The van der Waals surface area contributed by atoms with E-state index in [9.17, 15) is 4.79 Å². The van der Waals surface area contributed by atoms with Gasteiger partial charge < -0.3 is 14.9 Å². The van der Waals surface area contributed by atoms with Crippen LogP contribution in [0.15, 0.2) is 0 Å². The second kappa shape index (κ2) is 4.24. The van der Waals surface area contributed by atoms with Crippen LogP contribution in [0.2, 0.25) is 0 Å². The average molecular weight is 148 g/mol. The molecule has 0 radical (unpaired) electrons. The first-order chi connectivity index (χ1) is 4.57. The van der Waals surface area contributed by atoms with Crippen LogP contribution >= 0.6 is 0 Å². The van der Waals surface area contributed by atoms with Gasteiger partial charge in [0.1, 0.15) is 12.2 Å². The molecule has 0 spiro atoms. The van der Waals surface area contributed by atoms with Crippen molar-refractivity contribution in [3.8, 4) is 0 Å². The molecule has 0 aromatic rings. The molecule has 0 amide bonds. The van der Waals surface area contributed by atoms with Crippen molar-refractivity contribution in [2.45, 2.75) is 26.1 Å². The van der Waals surface area contributed by atoms with Crippen molar-refractivity contribution in [1.29, 1.82) is 0 Å². The van der Waals surface area contributed by atoms with Crippen LogP contribution in [0.4, 0.5) is 0 Å². The summed E-state index contributed by atoms with van der Waals surface area (Å²) in [5, 5.41) is 17.0. The van der Waals surface area contributed by atoms with E-state index in [1.807, 2.05) is 0 Å². The van der Waals surface area contributed by atoms with Crippen LogP contribution in [-0.4, -0.2) is 35.0 Å². The number of aliphatic hydroxyl groups excluding tert-OH is 2. The van der Waals surface area contributed by atoms with Gasteiger partial charge >= 0.3 is 5.97 Å². The van der Waals surface area contributed by atoms with Crippen molar-refractivity contribution in [1.82, 2.24) is 0 Å². The Bertz CT molecular complexity index is 110. The monoisotopic (exact) mass is 148 g/mol. The molecule has 0 aromatic heterocycles. The standard InChI is InChI=1S/C6H12O4/c1-4(3-7)10-6(9)5(2)8/h4-5,7-8H,3H2,1-2H3/t4-,5+/m0/s1. The maximum absolute atomic E-state index is 10.5. The highest BCUT2D eigenvalue weighted by Gasteiger charge is 2.12. The summed E-state index contributed by atoms with van der Waals surface area (Å²) in [6.45, 7) is 2.63. The molecule has 0 saturated heterocycles. The highest BCUT2D eigenvalue weighted by molar-refractivity contribution is 5.73. The van der Waals surface area contributed by atoms with Gasteiger partial charge in [0.2, 0.25) is 0 Å². The highest BCUT2D eigenvalue weighted by Crippen LogP contribution is 1.92. The van der Waals surface area contributed by atoms with E-state index >= 15 is 0 Å². The number of hydrogen-bond donors (Lipinski definition) is 2. The van der Waals surface area contributed by atoms with Gasteiger partial charge in [-0.3, -0.25) is 0 Å². The first-order valence-corrected chi connectivity index (χ1v) is 3.07. The van der Waals surface area contributed by atoms with E-state index < -0.39 is 18.2 Å². The zero-order valence-corrected chi connectivity index (χ0v) is 6.07. The van der Waals surface area contributed by atoms with Gasteiger partial charge in [-0.25, -0.2) is 4.79 Å². The average Bonchev–Trinajstić information content (AvgIpc) is 1.87. The van der Waals surface area contributed by atoms with Gasteiger partial charge in [0, 0.05) is 0 Å². The summed E-state index contributed by atoms with van der Waals surface area (Å²) in [5.74, 6) is -0.707. The number of rotatable bonds is 3. The maximum Gasteiger partial charge on any atom is 0.335 e. The molecule has 0 rings (SSSR count). The lowest BCUT2D eigenvalue weighted by Gasteiger charge is -2.10. The lowest BCUT2D eigenvalue weighted by molar-refractivity contribution is -0.158. The van der Waals surface area contributed by atoms with Crippen molar-refractivity contribution in [3.63, 3.8) is 0 Å². The van der Waals surface area contributed by atoms with Crippen molar-refractivity contribution in [2.24, 2.45) is 0 Å². The van der Waals surface area contributed by atoms with Crippen LogP contribution in [0, 0.1) is 0 Å². The third-order valence-electron chi connectivity index (χ3n) is 0.916. The van der Waals surface area contributed by atoms with Crippen LogP contribution in [-0.2, 0) is 9.53 Å². The normalized spacial score (nSPS) is 16.0. The molecule has 4 nitrogen and oxygen atoms in total. The van der Waals surface area contributed by atoms with Crippen LogP contribution < -0.4 is 0 Å². The first kappa shape index (κ1) is 9.39. The molecule has 2 N–H and O–H groups in total. The third kappa shape index (κ3) is 3.42. The Hall–Kier alpha value is -0.610. The van der Waals surface area contributed by atoms with Crippen LogP contribution in [0.25, 0.3) is 0 Å². The fourth-order valence-electron chi connectivity index (χ4n) is 0.334. The smallest absolute Gasteiger partial charge is 0.335 e. The van der Waals surface area contributed by atoms with Gasteiger partial charge in [0.05, 0.1) is 6.61 Å². The van der Waals surface area contributed by atoms with E-state index in [-0.39, 0.29) is 6.61 Å². The van der Waals surface area contributed by atoms with Crippen molar-refractivity contribution in [3.05, 3.63) is 0 Å². The predicted octanol–water partition coefficient (Wildman–Crippen LogP) is -0.709. The summed E-state index contributed by atoms with van der Waals surface area (Å²) in [5.41, 5.74) is 0. The summed E-state index contributed by atoms with van der Waals surface area (Å²) in [7, 11) is 0. The lowest BCUT2D eigenvalue weighted by Crippen LogP contribution is -2.25. The SMILES string of the molecule is C[C@@H](CO)OC(=O)[C@@H](C)O. The van der Waals surface area contributed by atoms with Gasteiger partial charge in [-0.2, -0.15) is 0 Å². The molecule has 0 aromatic carbocycles. The minimum absolute atomic E-state index is 0.224. The van der Waals surface area contributed by atoms with Gasteiger partial charge in [0.15, 0.2) is 0 Å². The van der Waals surface area contributed by atoms with Crippen molar-refractivity contribution >= 4 is 5.97 Å². The number of carbonyl (C=O) groups is 1. The Labute approximate surface area is 59.4 Å². The summed E-state index contributed by atoms with van der Waals surface area (Å²) >= 11 is 0. The molecule has 60 valence electrons. The summed E-state index contributed by atoms with van der Waals surface area (Å²) in [4.78, 5) is 10.5. The van der Waals surface area contributed by atoms with Crippen LogP contribution in [0.1, 0.15) is 13.8 Å². The predicted molar refractivity (Wildman–Crippen MR) is 34.3 cm³/mol. The first-order valence-electron chi connectivity index (χ1n) is 3.07. The molecule has 0 bridgehead atoms. The Morgan fingerprint density at radius 2 is 2.10 bits per heavy atom. The number of aliphatic hydroxyl groups is 2. The third-order valence-corrected chi connectivity index (χ3v) is 0.916. The summed E-state index contributed by atoms with van der Waals surface area (Å²) in [6.07, 6.45) is -1.66. The second-order valence-electron chi connectivity index (χ2n) is 2.11. The minimum Gasteiger partial charge on any atom is -0.458 e. The summed E-state index contributed by atoms with van der Waals surface area (Å²) in [6, 6.07) is 0. The molecule has 0 aliphatic carbocycles. The Kier molecular flexibility index (Phi) is 3.99. The topological polar surface area (TPSA) is 66.8 Å². The van der Waals surface area contributed by atoms with Crippen LogP contribution in [0.3, 0.4) is 0 Å². The lowest BCUT2D eigenvalue weighted by atomic mass is 10.4. The molecule has 0 saturated carbocycles. The van der Waals surface area contributed by atoms with E-state index in [4.69, 9.17) is 10.2 Å². The summed E-state index contributed by atoms with van der Waals surface area (Å²) < 4.78 is 4.52. The number of hydrogen-bond acceptors (Lipinski definition) is 4. The second-order valence-corrected chi connectivity index (χ2v) is 2.11. The fraction of sp³-hybridized carbons (Fsp3) is 0.833. The van der Waals surface area contributed by atoms with E-state index in [1.165, 1.54) is 6.92 Å². The highest BCUT2D eigenvalue weighted by atomic mass is 16.6. The largest absolute Gasteiger partial charge is 0.458 e. The minimum atomic E-state index is -1.12. The Balaban J connectivity index is 3.57. The molecule has 0 aliphatic rings. The molecule has 0 heterocycles. The molecule has 10 heavy (non-hydrogen) atoms. The zero-order valence-electron chi connectivity index (χ0n) is 6.07. The molecule has 4 heteroatoms. The van der Waals surface area contributed by atoms with Crippen molar-refractivity contribution in [2.75, 3.05) is 6.61 Å². The molecular weight excluding hydrogens is 136 g/mol. The van der Waals surface area contributed by atoms with E-state index in [1.54, 1.807) is 6.92 Å². The number of ether oxygens (including phenoxy) is 1.